The van der Waals surface area contributed by atoms with Crippen LogP contribution in [0.15, 0.2) is 0 Å². The van der Waals surface area contributed by atoms with E-state index in [-0.39, 0.29) is 18.1 Å². The summed E-state index contributed by atoms with van der Waals surface area (Å²) < 4.78 is 10.8. The van der Waals surface area contributed by atoms with Crippen molar-refractivity contribution in [3.05, 3.63) is 0 Å². The molecule has 0 saturated carbocycles. The Balaban J connectivity index is 0. The number of hydrogen-bond acceptors (Lipinski definition) is 5. The normalized spacial score (nSPS) is 10.9. The van der Waals surface area contributed by atoms with Gasteiger partial charge in [0.25, 0.3) is 0 Å². The van der Waals surface area contributed by atoms with Gasteiger partial charge in [0, 0.05) is 19.3 Å². The third-order valence-corrected chi connectivity index (χ3v) is 6.83. The fraction of sp³-hybridized carbons (Fsp3) is 0.935. The standard InChI is InChI=1S/C31H60O4.H3N/c1-4-7-9-11-13-15-17-19-21-23-25-27-29(32)34-31(6-3)35-30(33)28-26-24-22-20-18-16-14-12-10-8-5-2;/h31H,4-28H2,1-3H3;1H3. The van der Waals surface area contributed by atoms with Crippen molar-refractivity contribution in [2.45, 2.75) is 188 Å². The number of ether oxygens (including phenoxy) is 2. The summed E-state index contributed by atoms with van der Waals surface area (Å²) in [5, 5.41) is 0. The monoisotopic (exact) mass is 513 g/mol. The van der Waals surface area contributed by atoms with Gasteiger partial charge >= 0.3 is 11.9 Å². The second kappa shape index (κ2) is 30.1. The Bertz CT molecular complexity index is 429. The molecule has 0 aromatic rings. The third-order valence-electron chi connectivity index (χ3n) is 6.83. The molecule has 3 N–H and O–H groups in total. The van der Waals surface area contributed by atoms with Crippen LogP contribution < -0.4 is 6.15 Å². The number of carbonyl (C=O) groups excluding carboxylic acids is 2. The van der Waals surface area contributed by atoms with Crippen molar-refractivity contribution in [1.29, 1.82) is 0 Å². The zero-order chi connectivity index (χ0) is 25.8. The van der Waals surface area contributed by atoms with Gasteiger partial charge in [0.15, 0.2) is 0 Å². The van der Waals surface area contributed by atoms with Gasteiger partial charge in [0.1, 0.15) is 0 Å². The molecule has 0 bridgehead atoms. The minimum absolute atomic E-state index is 0. The molecule has 0 aliphatic rings. The molecular weight excluding hydrogens is 450 g/mol. The van der Waals surface area contributed by atoms with E-state index in [4.69, 9.17) is 9.47 Å². The lowest BCUT2D eigenvalue weighted by molar-refractivity contribution is -0.188. The van der Waals surface area contributed by atoms with Crippen LogP contribution in [0.4, 0.5) is 0 Å². The highest BCUT2D eigenvalue weighted by atomic mass is 16.7. The Morgan fingerprint density at radius 3 is 0.944 bits per heavy atom. The lowest BCUT2D eigenvalue weighted by Gasteiger charge is -2.16. The Labute approximate surface area is 224 Å². The van der Waals surface area contributed by atoms with Crippen LogP contribution in [0.1, 0.15) is 181 Å². The highest BCUT2D eigenvalue weighted by Gasteiger charge is 2.16. The lowest BCUT2D eigenvalue weighted by atomic mass is 10.1. The zero-order valence-corrected chi connectivity index (χ0v) is 24.6. The molecule has 216 valence electrons. The van der Waals surface area contributed by atoms with Gasteiger partial charge in [-0.25, -0.2) is 0 Å². The van der Waals surface area contributed by atoms with Crippen LogP contribution in [-0.2, 0) is 19.1 Å². The molecule has 0 saturated heterocycles. The van der Waals surface area contributed by atoms with Crippen molar-refractivity contribution < 1.29 is 19.1 Å². The first-order chi connectivity index (χ1) is 17.1. The quantitative estimate of drug-likeness (QED) is 0.0670. The van der Waals surface area contributed by atoms with Crippen LogP contribution in [-0.4, -0.2) is 18.2 Å². The topological polar surface area (TPSA) is 87.6 Å². The Hall–Kier alpha value is -1.10. The van der Waals surface area contributed by atoms with Gasteiger partial charge in [-0.15, -0.1) is 0 Å². The van der Waals surface area contributed by atoms with Crippen molar-refractivity contribution in [3.8, 4) is 0 Å². The van der Waals surface area contributed by atoms with Crippen molar-refractivity contribution in [2.24, 2.45) is 0 Å². The molecule has 0 heterocycles. The molecule has 0 aromatic heterocycles. The summed E-state index contributed by atoms with van der Waals surface area (Å²) in [6.07, 6.45) is 28.3. The van der Waals surface area contributed by atoms with Crippen molar-refractivity contribution >= 4 is 11.9 Å². The number of hydrogen-bond donors (Lipinski definition) is 1. The van der Waals surface area contributed by atoms with Gasteiger partial charge in [-0.1, -0.05) is 149 Å². The number of unbranched alkanes of at least 4 members (excludes halogenated alkanes) is 20. The number of carbonyl (C=O) groups is 2. The summed E-state index contributed by atoms with van der Waals surface area (Å²) in [7, 11) is 0. The average molecular weight is 514 g/mol. The van der Waals surface area contributed by atoms with Gasteiger partial charge in [-0.2, -0.15) is 0 Å². The second-order valence-corrected chi connectivity index (χ2v) is 10.4. The smallest absolute Gasteiger partial charge is 0.308 e. The van der Waals surface area contributed by atoms with E-state index in [9.17, 15) is 9.59 Å². The molecule has 0 aliphatic carbocycles. The van der Waals surface area contributed by atoms with Crippen molar-refractivity contribution in [2.75, 3.05) is 0 Å². The molecule has 0 aliphatic heterocycles. The van der Waals surface area contributed by atoms with Crippen LogP contribution in [0.5, 0.6) is 0 Å². The first kappa shape index (κ1) is 37.1. The van der Waals surface area contributed by atoms with Gasteiger partial charge < -0.3 is 15.6 Å². The fourth-order valence-corrected chi connectivity index (χ4v) is 4.47. The van der Waals surface area contributed by atoms with Crippen molar-refractivity contribution in [1.82, 2.24) is 6.15 Å². The van der Waals surface area contributed by atoms with E-state index in [0.29, 0.717) is 19.3 Å². The van der Waals surface area contributed by atoms with Crippen LogP contribution in [0.2, 0.25) is 0 Å². The average Bonchev–Trinajstić information content (AvgIpc) is 2.85. The van der Waals surface area contributed by atoms with Gasteiger partial charge in [0.05, 0.1) is 0 Å². The van der Waals surface area contributed by atoms with Crippen LogP contribution in [0.25, 0.3) is 0 Å². The largest absolute Gasteiger partial charge is 0.425 e. The van der Waals surface area contributed by atoms with E-state index < -0.39 is 6.29 Å². The second-order valence-electron chi connectivity index (χ2n) is 10.4. The first-order valence-electron chi connectivity index (χ1n) is 15.5. The summed E-state index contributed by atoms with van der Waals surface area (Å²) in [6.45, 7) is 6.40. The summed E-state index contributed by atoms with van der Waals surface area (Å²) in [4.78, 5) is 24.2. The third kappa shape index (κ3) is 27.5. The van der Waals surface area contributed by atoms with E-state index in [1.165, 1.54) is 116 Å². The zero-order valence-electron chi connectivity index (χ0n) is 24.6. The predicted molar refractivity (Wildman–Crippen MR) is 153 cm³/mol. The molecule has 0 atom stereocenters. The number of rotatable bonds is 27. The lowest BCUT2D eigenvalue weighted by Crippen LogP contribution is -2.23. The molecule has 36 heavy (non-hydrogen) atoms. The van der Waals surface area contributed by atoms with Crippen LogP contribution >= 0.6 is 0 Å². The Morgan fingerprint density at radius 2 is 0.694 bits per heavy atom. The highest BCUT2D eigenvalue weighted by molar-refractivity contribution is 5.71. The first-order valence-corrected chi connectivity index (χ1v) is 15.5. The maximum absolute atomic E-state index is 12.1. The molecular formula is C31H63NO4. The molecule has 5 nitrogen and oxygen atoms in total. The summed E-state index contributed by atoms with van der Waals surface area (Å²) in [5.41, 5.74) is 0. The Morgan fingerprint density at radius 1 is 0.444 bits per heavy atom. The molecule has 0 aromatic carbocycles. The molecule has 0 spiro atoms. The maximum atomic E-state index is 12.1. The molecule has 0 amide bonds. The number of esters is 2. The molecule has 0 radical (unpaired) electrons. The van der Waals surface area contributed by atoms with Gasteiger partial charge in [-0.05, 0) is 12.8 Å². The van der Waals surface area contributed by atoms with E-state index in [1.807, 2.05) is 6.92 Å². The predicted octanol–water partition coefficient (Wildman–Crippen LogP) is 10.4. The van der Waals surface area contributed by atoms with Crippen LogP contribution in [0, 0.1) is 0 Å². The summed E-state index contributed by atoms with van der Waals surface area (Å²) in [5.74, 6) is -0.481. The Kier molecular flexibility index (Phi) is 31.0. The summed E-state index contributed by atoms with van der Waals surface area (Å²) in [6, 6.07) is 0. The van der Waals surface area contributed by atoms with E-state index in [1.54, 1.807) is 0 Å². The van der Waals surface area contributed by atoms with Crippen LogP contribution in [0.3, 0.4) is 0 Å². The SMILES string of the molecule is CCCCCCCCCCCCCC(=O)OC(CC)OC(=O)CCCCCCCCCCCCC.N. The molecule has 0 fully saturated rings. The highest BCUT2D eigenvalue weighted by Crippen LogP contribution is 2.14. The van der Waals surface area contributed by atoms with E-state index in [2.05, 4.69) is 13.8 Å². The molecule has 0 rings (SSSR count). The van der Waals surface area contributed by atoms with Crippen molar-refractivity contribution in [3.63, 3.8) is 0 Å². The van der Waals surface area contributed by atoms with E-state index in [0.717, 1.165) is 25.7 Å². The summed E-state index contributed by atoms with van der Waals surface area (Å²) >= 11 is 0. The minimum Gasteiger partial charge on any atom is -0.425 e. The minimum atomic E-state index is -0.726. The van der Waals surface area contributed by atoms with Gasteiger partial charge in [-0.3, -0.25) is 9.59 Å². The maximum Gasteiger partial charge on any atom is 0.308 e. The van der Waals surface area contributed by atoms with Gasteiger partial charge in [0.2, 0.25) is 6.29 Å². The fourth-order valence-electron chi connectivity index (χ4n) is 4.47. The van der Waals surface area contributed by atoms with E-state index >= 15 is 0 Å². The molecule has 5 heteroatoms. The molecule has 0 unspecified atom stereocenters.